The number of hydrogen-bond donors (Lipinski definition) is 2. The lowest BCUT2D eigenvalue weighted by molar-refractivity contribution is -0.125. The largest absolute Gasteiger partial charge is 0.497 e. The maximum absolute atomic E-state index is 12.8. The maximum atomic E-state index is 12.8. The zero-order valence-electron chi connectivity index (χ0n) is 15.5. The highest BCUT2D eigenvalue weighted by Crippen LogP contribution is 2.38. The lowest BCUT2D eigenvalue weighted by atomic mass is 9.83. The number of rotatable bonds is 3. The molecule has 142 valence electrons. The van der Waals surface area contributed by atoms with Crippen LogP contribution in [0.5, 0.6) is 5.75 Å². The van der Waals surface area contributed by atoms with Gasteiger partial charge in [0, 0.05) is 24.8 Å². The number of methoxy groups -OCH3 is 1. The fraction of sp³-hybridized carbons (Fsp3) is 0.650. The number of likely N-dealkylation sites (tertiary alicyclic amines) is 1. The molecule has 2 heterocycles. The number of carbonyl (C=O) groups excluding carboxylic acids is 1. The molecule has 6 heteroatoms. The van der Waals surface area contributed by atoms with Crippen molar-refractivity contribution in [3.63, 3.8) is 0 Å². The molecule has 0 bridgehead atoms. The molecule has 1 saturated carbocycles. The van der Waals surface area contributed by atoms with E-state index in [4.69, 9.17) is 4.74 Å². The first-order valence-corrected chi connectivity index (χ1v) is 9.76. The van der Waals surface area contributed by atoms with Crippen molar-refractivity contribution in [3.05, 3.63) is 24.3 Å². The van der Waals surface area contributed by atoms with E-state index in [9.17, 15) is 9.90 Å². The number of benzene rings is 1. The van der Waals surface area contributed by atoms with Crippen molar-refractivity contribution in [1.29, 1.82) is 0 Å². The summed E-state index contributed by atoms with van der Waals surface area (Å²) in [6, 6.07) is 8.20. The maximum Gasteiger partial charge on any atom is 0.247 e. The normalized spacial score (nSPS) is 29.0. The lowest BCUT2D eigenvalue weighted by Crippen LogP contribution is -2.59. The second-order valence-electron chi connectivity index (χ2n) is 7.78. The smallest absolute Gasteiger partial charge is 0.247 e. The van der Waals surface area contributed by atoms with Gasteiger partial charge in [0.05, 0.1) is 19.9 Å². The van der Waals surface area contributed by atoms with Crippen LogP contribution in [0.25, 0.3) is 0 Å². The summed E-state index contributed by atoms with van der Waals surface area (Å²) in [5.41, 5.74) is 0.584. The Labute approximate surface area is 155 Å². The third-order valence-corrected chi connectivity index (χ3v) is 6.51. The number of anilines is 1. The third kappa shape index (κ3) is 2.95. The Morgan fingerprint density at radius 2 is 1.85 bits per heavy atom. The molecular formula is C20H29N3O3. The number of aliphatic hydroxyl groups is 1. The number of amides is 1. The van der Waals surface area contributed by atoms with E-state index >= 15 is 0 Å². The van der Waals surface area contributed by atoms with Gasteiger partial charge in [0.1, 0.15) is 11.3 Å². The molecule has 4 rings (SSSR count). The highest BCUT2D eigenvalue weighted by atomic mass is 16.5. The average molecular weight is 359 g/mol. The summed E-state index contributed by atoms with van der Waals surface area (Å²) in [5.74, 6) is 0.958. The molecule has 3 aliphatic rings. The highest BCUT2D eigenvalue weighted by Gasteiger charge is 2.51. The minimum atomic E-state index is -0.468. The van der Waals surface area contributed by atoms with Crippen molar-refractivity contribution in [2.75, 3.05) is 31.8 Å². The van der Waals surface area contributed by atoms with Crippen molar-refractivity contribution < 1.29 is 14.6 Å². The summed E-state index contributed by atoms with van der Waals surface area (Å²) in [6.07, 6.45) is 5.69. The van der Waals surface area contributed by atoms with E-state index in [-0.39, 0.29) is 18.1 Å². The van der Waals surface area contributed by atoms with Crippen LogP contribution in [0.4, 0.5) is 5.69 Å². The first-order chi connectivity index (χ1) is 12.6. The van der Waals surface area contributed by atoms with E-state index in [1.807, 2.05) is 24.3 Å². The lowest BCUT2D eigenvalue weighted by Gasteiger charge is -2.47. The molecule has 3 fully saturated rings. The zero-order valence-corrected chi connectivity index (χ0v) is 15.5. The average Bonchev–Trinajstić information content (AvgIpc) is 2.99. The van der Waals surface area contributed by atoms with Gasteiger partial charge in [-0.05, 0) is 49.9 Å². The molecule has 1 aromatic rings. The SMILES string of the molecule is COc1ccc(N2CNC(=O)C23CCN([C@@H]2CCCC[C@H]2O)CC3)cc1. The number of hydrogen-bond acceptors (Lipinski definition) is 5. The van der Waals surface area contributed by atoms with Gasteiger partial charge in [0.2, 0.25) is 5.91 Å². The van der Waals surface area contributed by atoms with E-state index in [1.165, 1.54) is 6.42 Å². The van der Waals surface area contributed by atoms with Gasteiger partial charge in [-0.1, -0.05) is 12.8 Å². The van der Waals surface area contributed by atoms with Crippen molar-refractivity contribution in [2.45, 2.75) is 56.2 Å². The summed E-state index contributed by atoms with van der Waals surface area (Å²) in [4.78, 5) is 17.4. The molecule has 1 spiro atoms. The number of aliphatic hydroxyl groups excluding tert-OH is 1. The highest BCUT2D eigenvalue weighted by molar-refractivity contribution is 5.93. The van der Waals surface area contributed by atoms with E-state index in [1.54, 1.807) is 7.11 Å². The molecule has 0 radical (unpaired) electrons. The monoisotopic (exact) mass is 359 g/mol. The first kappa shape index (κ1) is 17.6. The van der Waals surface area contributed by atoms with Gasteiger partial charge in [-0.25, -0.2) is 0 Å². The van der Waals surface area contributed by atoms with E-state index in [0.29, 0.717) is 6.67 Å². The molecule has 2 saturated heterocycles. The molecule has 1 aromatic carbocycles. The molecule has 2 aliphatic heterocycles. The van der Waals surface area contributed by atoms with Crippen LogP contribution in [0.3, 0.4) is 0 Å². The topological polar surface area (TPSA) is 65.0 Å². The summed E-state index contributed by atoms with van der Waals surface area (Å²) in [7, 11) is 1.66. The summed E-state index contributed by atoms with van der Waals surface area (Å²) in [5, 5.41) is 13.4. The van der Waals surface area contributed by atoms with Gasteiger partial charge >= 0.3 is 0 Å². The number of carbonyl (C=O) groups is 1. The van der Waals surface area contributed by atoms with Crippen molar-refractivity contribution in [2.24, 2.45) is 0 Å². The molecule has 1 aliphatic carbocycles. The Hall–Kier alpha value is -1.79. The Balaban J connectivity index is 1.50. The van der Waals surface area contributed by atoms with Crippen LogP contribution in [0, 0.1) is 0 Å². The molecule has 2 N–H and O–H groups in total. The minimum Gasteiger partial charge on any atom is -0.497 e. The Morgan fingerprint density at radius 1 is 1.15 bits per heavy atom. The second-order valence-corrected chi connectivity index (χ2v) is 7.78. The standard InChI is InChI=1S/C20H29N3O3/c1-26-16-8-6-15(7-9-16)23-14-21-19(25)20(23)10-12-22(13-11-20)17-4-2-3-5-18(17)24/h6-9,17-18,24H,2-5,10-14H2,1H3,(H,21,25)/t17-,18-/m1/s1. The first-order valence-electron chi connectivity index (χ1n) is 9.76. The molecular weight excluding hydrogens is 330 g/mol. The van der Waals surface area contributed by atoms with Crippen LogP contribution < -0.4 is 15.0 Å². The summed E-state index contributed by atoms with van der Waals surface area (Å²) >= 11 is 0. The fourth-order valence-corrected chi connectivity index (χ4v) is 4.93. The summed E-state index contributed by atoms with van der Waals surface area (Å²) < 4.78 is 5.25. The van der Waals surface area contributed by atoms with Gasteiger partial charge in [0.15, 0.2) is 0 Å². The Kier molecular flexibility index (Phi) is 4.80. The van der Waals surface area contributed by atoms with Gasteiger partial charge in [-0.3, -0.25) is 9.69 Å². The number of piperidine rings is 1. The molecule has 1 amide bonds. The van der Waals surface area contributed by atoms with Crippen LogP contribution in [-0.2, 0) is 4.79 Å². The molecule has 6 nitrogen and oxygen atoms in total. The van der Waals surface area contributed by atoms with Crippen LogP contribution in [-0.4, -0.2) is 60.5 Å². The van der Waals surface area contributed by atoms with Gasteiger partial charge in [-0.2, -0.15) is 0 Å². The second kappa shape index (κ2) is 7.08. The van der Waals surface area contributed by atoms with E-state index in [0.717, 1.165) is 56.6 Å². The van der Waals surface area contributed by atoms with Crippen molar-refractivity contribution in [3.8, 4) is 5.75 Å². The number of nitrogens with one attached hydrogen (secondary N) is 1. The Bertz CT molecular complexity index is 640. The minimum absolute atomic E-state index is 0.136. The predicted molar refractivity (Wildman–Crippen MR) is 100 cm³/mol. The predicted octanol–water partition coefficient (Wildman–Crippen LogP) is 1.73. The molecule has 26 heavy (non-hydrogen) atoms. The Morgan fingerprint density at radius 3 is 2.50 bits per heavy atom. The van der Waals surface area contributed by atoms with Gasteiger partial charge in [0.25, 0.3) is 0 Å². The van der Waals surface area contributed by atoms with E-state index in [2.05, 4.69) is 15.1 Å². The summed E-state index contributed by atoms with van der Waals surface area (Å²) in [6.45, 7) is 2.28. The van der Waals surface area contributed by atoms with Crippen LogP contribution >= 0.6 is 0 Å². The number of nitrogens with zero attached hydrogens (tertiary/aromatic N) is 2. The van der Waals surface area contributed by atoms with Gasteiger partial charge < -0.3 is 20.1 Å². The third-order valence-electron chi connectivity index (χ3n) is 6.51. The fourth-order valence-electron chi connectivity index (χ4n) is 4.93. The zero-order chi connectivity index (χ0) is 18.1. The van der Waals surface area contributed by atoms with Crippen LogP contribution in [0.15, 0.2) is 24.3 Å². The quantitative estimate of drug-likeness (QED) is 0.860. The molecule has 0 unspecified atom stereocenters. The molecule has 0 aromatic heterocycles. The number of ether oxygens (including phenoxy) is 1. The van der Waals surface area contributed by atoms with Crippen LogP contribution in [0.2, 0.25) is 0 Å². The van der Waals surface area contributed by atoms with Crippen molar-refractivity contribution >= 4 is 11.6 Å². The molecule has 2 atom stereocenters. The van der Waals surface area contributed by atoms with Gasteiger partial charge in [-0.15, -0.1) is 0 Å². The van der Waals surface area contributed by atoms with Crippen molar-refractivity contribution in [1.82, 2.24) is 10.2 Å². The van der Waals surface area contributed by atoms with E-state index < -0.39 is 5.54 Å². The van der Waals surface area contributed by atoms with Crippen LogP contribution in [0.1, 0.15) is 38.5 Å².